The minimum atomic E-state index is -0.810. The first kappa shape index (κ1) is 16.9. The van der Waals surface area contributed by atoms with Gasteiger partial charge >= 0.3 is 6.09 Å². The highest BCUT2D eigenvalue weighted by Gasteiger charge is 2.44. The Labute approximate surface area is 143 Å². The van der Waals surface area contributed by atoms with Crippen molar-refractivity contribution in [3.8, 4) is 0 Å². The SMILES string of the molecule is COC(=O)Nc1cc(NC(=O)[C@H]2C[C@@H]2c2cccc(F)c2)ccc1F. The van der Waals surface area contributed by atoms with E-state index in [1.165, 1.54) is 31.4 Å². The Morgan fingerprint density at radius 3 is 2.64 bits per heavy atom. The molecule has 1 aliphatic rings. The Morgan fingerprint density at radius 1 is 1.12 bits per heavy atom. The maximum atomic E-state index is 13.7. The molecule has 25 heavy (non-hydrogen) atoms. The van der Waals surface area contributed by atoms with Crippen LogP contribution in [-0.2, 0) is 9.53 Å². The molecule has 1 aliphatic carbocycles. The predicted octanol–water partition coefficient (Wildman–Crippen LogP) is 3.89. The third kappa shape index (κ3) is 3.93. The summed E-state index contributed by atoms with van der Waals surface area (Å²) in [6.07, 6.45) is -0.181. The van der Waals surface area contributed by atoms with Gasteiger partial charge in [-0.1, -0.05) is 12.1 Å². The minimum absolute atomic E-state index is 0.0242. The summed E-state index contributed by atoms with van der Waals surface area (Å²) in [5.41, 5.74) is 1.04. The standard InChI is InChI=1S/C18H16F2N2O3/c1-25-18(24)22-16-8-12(5-6-15(16)20)21-17(23)14-9-13(14)10-3-2-4-11(19)7-10/h2-8,13-14H,9H2,1H3,(H,21,23)(H,22,24)/t13-,14+/m1/s1. The number of anilines is 2. The van der Waals surface area contributed by atoms with Crippen molar-refractivity contribution in [3.63, 3.8) is 0 Å². The molecule has 0 saturated heterocycles. The Balaban J connectivity index is 1.66. The molecule has 0 bridgehead atoms. The fraction of sp³-hybridized carbons (Fsp3) is 0.222. The van der Waals surface area contributed by atoms with Crippen LogP contribution in [-0.4, -0.2) is 19.1 Å². The molecule has 2 amide bonds. The average molecular weight is 346 g/mol. The van der Waals surface area contributed by atoms with E-state index in [1.54, 1.807) is 12.1 Å². The lowest BCUT2D eigenvalue weighted by Crippen LogP contribution is -2.16. The van der Waals surface area contributed by atoms with Crippen molar-refractivity contribution in [2.24, 2.45) is 5.92 Å². The summed E-state index contributed by atoms with van der Waals surface area (Å²) >= 11 is 0. The molecule has 0 radical (unpaired) electrons. The molecule has 0 heterocycles. The first-order valence-corrected chi connectivity index (χ1v) is 7.69. The van der Waals surface area contributed by atoms with Crippen LogP contribution >= 0.6 is 0 Å². The van der Waals surface area contributed by atoms with E-state index < -0.39 is 11.9 Å². The van der Waals surface area contributed by atoms with Gasteiger partial charge in [0, 0.05) is 11.6 Å². The van der Waals surface area contributed by atoms with Gasteiger partial charge in [0.2, 0.25) is 5.91 Å². The number of carbonyl (C=O) groups excluding carboxylic acids is 2. The first-order chi connectivity index (χ1) is 12.0. The summed E-state index contributed by atoms with van der Waals surface area (Å²) in [7, 11) is 1.17. The summed E-state index contributed by atoms with van der Waals surface area (Å²) < 4.78 is 31.4. The van der Waals surface area contributed by atoms with Gasteiger partial charge in [-0.2, -0.15) is 0 Å². The predicted molar refractivity (Wildman–Crippen MR) is 88.3 cm³/mol. The summed E-state index contributed by atoms with van der Waals surface area (Å²) in [5.74, 6) is -1.49. The minimum Gasteiger partial charge on any atom is -0.453 e. The fourth-order valence-electron chi connectivity index (χ4n) is 2.69. The second kappa shape index (κ2) is 6.88. The number of nitrogens with one attached hydrogen (secondary N) is 2. The van der Waals surface area contributed by atoms with E-state index in [0.717, 1.165) is 11.6 Å². The second-order valence-corrected chi connectivity index (χ2v) is 5.80. The smallest absolute Gasteiger partial charge is 0.411 e. The van der Waals surface area contributed by atoms with Gasteiger partial charge in [-0.3, -0.25) is 10.1 Å². The number of hydrogen-bond acceptors (Lipinski definition) is 3. The van der Waals surface area contributed by atoms with E-state index in [4.69, 9.17) is 0 Å². The molecule has 0 aliphatic heterocycles. The first-order valence-electron chi connectivity index (χ1n) is 7.69. The number of ether oxygens (including phenoxy) is 1. The van der Waals surface area contributed by atoms with Crippen molar-refractivity contribution in [1.29, 1.82) is 0 Å². The second-order valence-electron chi connectivity index (χ2n) is 5.80. The summed E-state index contributed by atoms with van der Waals surface area (Å²) in [5, 5.41) is 4.92. The molecule has 1 saturated carbocycles. The van der Waals surface area contributed by atoms with Crippen LogP contribution in [0.4, 0.5) is 25.0 Å². The topological polar surface area (TPSA) is 67.4 Å². The van der Waals surface area contributed by atoms with E-state index in [2.05, 4.69) is 15.4 Å². The molecule has 0 aromatic heterocycles. The van der Waals surface area contributed by atoms with Crippen molar-refractivity contribution in [2.75, 3.05) is 17.7 Å². The third-order valence-corrected chi connectivity index (χ3v) is 4.06. The van der Waals surface area contributed by atoms with Crippen LogP contribution in [0.3, 0.4) is 0 Å². The van der Waals surface area contributed by atoms with Gasteiger partial charge in [0.15, 0.2) is 0 Å². The van der Waals surface area contributed by atoms with Crippen LogP contribution in [0, 0.1) is 17.6 Å². The Morgan fingerprint density at radius 2 is 1.92 bits per heavy atom. The lowest BCUT2D eigenvalue weighted by Gasteiger charge is -2.09. The zero-order chi connectivity index (χ0) is 18.0. The zero-order valence-electron chi connectivity index (χ0n) is 13.4. The van der Waals surface area contributed by atoms with Gasteiger partial charge in [0.25, 0.3) is 0 Å². The number of carbonyl (C=O) groups is 2. The van der Waals surface area contributed by atoms with Crippen molar-refractivity contribution >= 4 is 23.4 Å². The van der Waals surface area contributed by atoms with Crippen LogP contribution in [0.25, 0.3) is 0 Å². The highest BCUT2D eigenvalue weighted by Crippen LogP contribution is 2.48. The molecule has 5 nitrogen and oxygen atoms in total. The van der Waals surface area contributed by atoms with E-state index in [0.29, 0.717) is 12.1 Å². The fourth-order valence-corrected chi connectivity index (χ4v) is 2.69. The summed E-state index contributed by atoms with van der Waals surface area (Å²) in [6, 6.07) is 10.0. The average Bonchev–Trinajstić information content (AvgIpc) is 3.38. The molecule has 2 aromatic carbocycles. The molecule has 2 atom stereocenters. The highest BCUT2D eigenvalue weighted by atomic mass is 19.1. The molecular formula is C18H16F2N2O3. The van der Waals surface area contributed by atoms with E-state index in [9.17, 15) is 18.4 Å². The van der Waals surface area contributed by atoms with Gasteiger partial charge in [-0.25, -0.2) is 13.6 Å². The molecule has 7 heteroatoms. The molecule has 2 N–H and O–H groups in total. The lowest BCUT2D eigenvalue weighted by atomic mass is 10.1. The summed E-state index contributed by atoms with van der Waals surface area (Å²) in [6.45, 7) is 0. The Bertz CT molecular complexity index is 826. The van der Waals surface area contributed by atoms with Crippen LogP contribution in [0.1, 0.15) is 17.9 Å². The van der Waals surface area contributed by atoms with Crippen molar-refractivity contribution in [3.05, 3.63) is 59.7 Å². The molecule has 0 unspecified atom stereocenters. The molecule has 2 aromatic rings. The number of hydrogen-bond donors (Lipinski definition) is 2. The summed E-state index contributed by atoms with van der Waals surface area (Å²) in [4.78, 5) is 23.5. The molecular weight excluding hydrogens is 330 g/mol. The number of benzene rings is 2. The van der Waals surface area contributed by atoms with Crippen LogP contribution in [0.15, 0.2) is 42.5 Å². The van der Waals surface area contributed by atoms with Crippen molar-refractivity contribution in [2.45, 2.75) is 12.3 Å². The lowest BCUT2D eigenvalue weighted by molar-refractivity contribution is -0.117. The monoisotopic (exact) mass is 346 g/mol. The molecule has 3 rings (SSSR count). The van der Waals surface area contributed by atoms with Crippen LogP contribution in [0.5, 0.6) is 0 Å². The third-order valence-electron chi connectivity index (χ3n) is 4.06. The number of methoxy groups -OCH3 is 1. The number of amides is 2. The van der Waals surface area contributed by atoms with Crippen LogP contribution < -0.4 is 10.6 Å². The normalized spacial score (nSPS) is 18.4. The van der Waals surface area contributed by atoms with Gasteiger partial charge in [-0.05, 0) is 48.2 Å². The van der Waals surface area contributed by atoms with E-state index in [-0.39, 0.29) is 29.2 Å². The Hall–Kier alpha value is -2.96. The highest BCUT2D eigenvalue weighted by molar-refractivity contribution is 5.96. The van der Waals surface area contributed by atoms with Crippen molar-refractivity contribution < 1.29 is 23.1 Å². The molecule has 1 fully saturated rings. The van der Waals surface area contributed by atoms with E-state index >= 15 is 0 Å². The van der Waals surface area contributed by atoms with Crippen molar-refractivity contribution in [1.82, 2.24) is 0 Å². The maximum Gasteiger partial charge on any atom is 0.411 e. The largest absolute Gasteiger partial charge is 0.453 e. The van der Waals surface area contributed by atoms with Gasteiger partial charge in [-0.15, -0.1) is 0 Å². The van der Waals surface area contributed by atoms with Crippen LogP contribution in [0.2, 0.25) is 0 Å². The molecule has 0 spiro atoms. The number of halogens is 2. The van der Waals surface area contributed by atoms with Gasteiger partial charge in [0.1, 0.15) is 11.6 Å². The Kier molecular flexibility index (Phi) is 4.65. The zero-order valence-corrected chi connectivity index (χ0v) is 13.4. The maximum absolute atomic E-state index is 13.7. The van der Waals surface area contributed by atoms with E-state index in [1.807, 2.05) is 0 Å². The van der Waals surface area contributed by atoms with Gasteiger partial charge < -0.3 is 10.1 Å². The molecule has 130 valence electrons. The van der Waals surface area contributed by atoms with Gasteiger partial charge in [0.05, 0.1) is 12.8 Å². The number of rotatable bonds is 4. The quantitative estimate of drug-likeness (QED) is 0.883.